The Labute approximate surface area is 253 Å². The van der Waals surface area contributed by atoms with Gasteiger partial charge >= 0.3 is 5.97 Å². The van der Waals surface area contributed by atoms with Gasteiger partial charge in [0.15, 0.2) is 11.3 Å². The number of rotatable bonds is 9. The van der Waals surface area contributed by atoms with Crippen LogP contribution in [0.25, 0.3) is 22.1 Å². The van der Waals surface area contributed by atoms with Crippen LogP contribution in [0.2, 0.25) is 5.02 Å². The molecule has 11 heteroatoms. The number of furan rings is 1. The number of carbonyl (C=O) groups excluding carboxylic acids is 1. The number of nitrogens with zero attached hydrogens (tertiary/aromatic N) is 5. The fourth-order valence-electron chi connectivity index (χ4n) is 5.89. The van der Waals surface area contributed by atoms with Crippen molar-refractivity contribution in [1.82, 2.24) is 24.4 Å². The third-order valence-electron chi connectivity index (χ3n) is 8.38. The molecular formula is C32H32ClN5O5. The summed E-state index contributed by atoms with van der Waals surface area (Å²) in [4.78, 5) is 28.9. The number of likely N-dealkylation sites (tertiary alicyclic amines) is 1. The molecule has 4 aromatic heterocycles. The van der Waals surface area contributed by atoms with Crippen molar-refractivity contribution in [3.63, 3.8) is 0 Å². The first-order valence-corrected chi connectivity index (χ1v) is 15.0. The Kier molecular flexibility index (Phi) is 7.73. The molecule has 2 saturated heterocycles. The van der Waals surface area contributed by atoms with Crippen molar-refractivity contribution in [1.29, 1.82) is 0 Å². The van der Waals surface area contributed by atoms with Crippen LogP contribution in [-0.2, 0) is 29.2 Å². The molecule has 10 nitrogen and oxygen atoms in total. The van der Waals surface area contributed by atoms with Gasteiger partial charge in [-0.1, -0.05) is 23.7 Å². The van der Waals surface area contributed by atoms with Gasteiger partial charge in [0.2, 0.25) is 5.88 Å². The second-order valence-corrected chi connectivity index (χ2v) is 11.5. The maximum absolute atomic E-state index is 12.1. The van der Waals surface area contributed by atoms with Crippen LogP contribution in [0.3, 0.4) is 0 Å². The van der Waals surface area contributed by atoms with E-state index >= 15 is 0 Å². The van der Waals surface area contributed by atoms with E-state index in [1.807, 2.05) is 36.4 Å². The Morgan fingerprint density at radius 2 is 1.91 bits per heavy atom. The highest BCUT2D eigenvalue weighted by atomic mass is 35.5. The number of piperidine rings is 1. The maximum Gasteiger partial charge on any atom is 0.356 e. The number of fused-ring (bicyclic) bond motifs is 2. The molecule has 1 aromatic carbocycles. The molecule has 6 heterocycles. The van der Waals surface area contributed by atoms with E-state index in [1.165, 1.54) is 7.11 Å². The van der Waals surface area contributed by atoms with Crippen molar-refractivity contribution in [3.8, 4) is 5.88 Å². The van der Waals surface area contributed by atoms with Crippen LogP contribution in [0.4, 0.5) is 0 Å². The van der Waals surface area contributed by atoms with Crippen molar-refractivity contribution in [2.24, 2.45) is 0 Å². The van der Waals surface area contributed by atoms with Gasteiger partial charge in [-0.2, -0.15) is 0 Å². The van der Waals surface area contributed by atoms with Crippen molar-refractivity contribution in [2.75, 3.05) is 26.8 Å². The van der Waals surface area contributed by atoms with Crippen molar-refractivity contribution < 1.29 is 23.4 Å². The first kappa shape index (κ1) is 27.8. The molecule has 0 saturated carbocycles. The van der Waals surface area contributed by atoms with Crippen molar-refractivity contribution in [3.05, 3.63) is 82.6 Å². The molecule has 5 aromatic rings. The lowest BCUT2D eigenvalue weighted by atomic mass is 9.93. The van der Waals surface area contributed by atoms with Gasteiger partial charge in [0, 0.05) is 35.2 Å². The molecular weight excluding hydrogens is 570 g/mol. The van der Waals surface area contributed by atoms with Crippen LogP contribution in [0, 0.1) is 0 Å². The molecule has 43 heavy (non-hydrogen) atoms. The van der Waals surface area contributed by atoms with Crippen LogP contribution in [0.1, 0.15) is 52.8 Å². The molecule has 1 atom stereocenters. The second kappa shape index (κ2) is 11.9. The number of esters is 1. The number of benzene rings is 1. The first-order chi connectivity index (χ1) is 21.1. The number of pyridine rings is 2. The minimum atomic E-state index is -0.457. The van der Waals surface area contributed by atoms with Crippen LogP contribution < -0.4 is 4.74 Å². The normalized spacial score (nSPS) is 17.8. The van der Waals surface area contributed by atoms with E-state index in [2.05, 4.69) is 20.5 Å². The van der Waals surface area contributed by atoms with E-state index in [-0.39, 0.29) is 11.8 Å². The maximum atomic E-state index is 12.1. The van der Waals surface area contributed by atoms with Crippen LogP contribution in [-0.4, -0.2) is 63.3 Å². The molecule has 0 amide bonds. The molecule has 0 bridgehead atoms. The summed E-state index contributed by atoms with van der Waals surface area (Å²) >= 11 is 6.28. The molecule has 0 radical (unpaired) electrons. The van der Waals surface area contributed by atoms with E-state index in [0.29, 0.717) is 42.2 Å². The molecule has 2 aliphatic rings. The quantitative estimate of drug-likeness (QED) is 0.195. The van der Waals surface area contributed by atoms with Gasteiger partial charge in [0.1, 0.15) is 23.5 Å². The molecule has 222 valence electrons. The standard InChI is InChI=1S/C32H32ClN5O5/c1-40-32(39)27-8-7-26-31(36-27)38(17-22-11-15-41-22)28(34-26)18-37-13-9-20(10-14-37)25-3-2-4-29(35-25)43-19-21-5-6-24(33)23-12-16-42-30(21)23/h2-8,12,16,20,22H,9-11,13-15,17-19H2,1H3/t22-/m0/s1. The number of carbonyl (C=O) groups is 1. The SMILES string of the molecule is COC(=O)c1ccc2nc(CN3CCC(c4cccc(OCc5ccc(Cl)c6ccoc56)n4)CC3)n(C[C@@H]3CCO3)c2n1. The van der Waals surface area contributed by atoms with E-state index < -0.39 is 5.97 Å². The molecule has 7 rings (SSSR count). The highest BCUT2D eigenvalue weighted by Crippen LogP contribution is 2.31. The third-order valence-corrected chi connectivity index (χ3v) is 8.71. The summed E-state index contributed by atoms with van der Waals surface area (Å²) in [6, 6.07) is 15.1. The fraction of sp³-hybridized carbons (Fsp3) is 0.375. The summed E-state index contributed by atoms with van der Waals surface area (Å²) in [5, 5.41) is 1.54. The summed E-state index contributed by atoms with van der Waals surface area (Å²) in [6.45, 7) is 4.32. The minimum absolute atomic E-state index is 0.135. The Morgan fingerprint density at radius 3 is 2.70 bits per heavy atom. The third kappa shape index (κ3) is 5.70. The molecule has 2 aliphatic heterocycles. The minimum Gasteiger partial charge on any atom is -0.473 e. The lowest BCUT2D eigenvalue weighted by molar-refractivity contribution is -0.0593. The molecule has 0 aliphatic carbocycles. The van der Waals surface area contributed by atoms with E-state index in [1.54, 1.807) is 12.3 Å². The van der Waals surface area contributed by atoms with Gasteiger partial charge in [-0.15, -0.1) is 0 Å². The van der Waals surface area contributed by atoms with Gasteiger partial charge in [-0.05, 0) is 62.7 Å². The zero-order valence-electron chi connectivity index (χ0n) is 23.9. The van der Waals surface area contributed by atoms with Gasteiger partial charge in [-0.3, -0.25) is 4.90 Å². The predicted molar refractivity (Wildman–Crippen MR) is 160 cm³/mol. The monoisotopic (exact) mass is 601 g/mol. The summed E-state index contributed by atoms with van der Waals surface area (Å²) < 4.78 is 24.4. The average molecular weight is 602 g/mol. The smallest absolute Gasteiger partial charge is 0.356 e. The largest absolute Gasteiger partial charge is 0.473 e. The topological polar surface area (TPSA) is 105 Å². The first-order valence-electron chi connectivity index (χ1n) is 14.6. The van der Waals surface area contributed by atoms with E-state index in [4.69, 9.17) is 40.2 Å². The van der Waals surface area contributed by atoms with E-state index in [0.717, 1.165) is 72.5 Å². The van der Waals surface area contributed by atoms with E-state index in [9.17, 15) is 4.79 Å². The average Bonchev–Trinajstić information content (AvgIpc) is 3.64. The van der Waals surface area contributed by atoms with Crippen LogP contribution in [0.15, 0.2) is 59.2 Å². The number of halogens is 1. The predicted octanol–water partition coefficient (Wildman–Crippen LogP) is 5.76. The highest BCUT2D eigenvalue weighted by Gasteiger charge is 2.27. The summed E-state index contributed by atoms with van der Waals surface area (Å²) in [7, 11) is 1.36. The second-order valence-electron chi connectivity index (χ2n) is 11.1. The number of hydrogen-bond donors (Lipinski definition) is 0. The number of aromatic nitrogens is 4. The van der Waals surface area contributed by atoms with Crippen LogP contribution in [0.5, 0.6) is 5.88 Å². The number of ether oxygens (including phenoxy) is 3. The Balaban J connectivity index is 1.01. The summed E-state index contributed by atoms with van der Waals surface area (Å²) in [5.41, 5.74) is 4.45. The molecule has 0 N–H and O–H groups in total. The van der Waals surface area contributed by atoms with Gasteiger partial charge < -0.3 is 23.2 Å². The van der Waals surface area contributed by atoms with Crippen molar-refractivity contribution >= 4 is 39.7 Å². The lowest BCUT2D eigenvalue weighted by Crippen LogP contribution is -2.35. The Hall–Kier alpha value is -3.99. The summed E-state index contributed by atoms with van der Waals surface area (Å²) in [6.07, 6.45) is 4.75. The number of methoxy groups -OCH3 is 1. The Bertz CT molecular complexity index is 1770. The zero-order valence-corrected chi connectivity index (χ0v) is 24.6. The number of imidazole rings is 1. The molecule has 0 spiro atoms. The van der Waals surface area contributed by atoms with Gasteiger partial charge in [-0.25, -0.2) is 19.7 Å². The highest BCUT2D eigenvalue weighted by molar-refractivity contribution is 6.35. The Morgan fingerprint density at radius 1 is 1.05 bits per heavy atom. The summed E-state index contributed by atoms with van der Waals surface area (Å²) in [5.74, 6) is 1.42. The van der Waals surface area contributed by atoms with Gasteiger partial charge in [0.25, 0.3) is 0 Å². The van der Waals surface area contributed by atoms with Crippen LogP contribution >= 0.6 is 11.6 Å². The molecule has 2 fully saturated rings. The zero-order chi connectivity index (χ0) is 29.3. The molecule has 0 unspecified atom stereocenters. The van der Waals surface area contributed by atoms with Gasteiger partial charge in [0.05, 0.1) is 37.6 Å². The lowest BCUT2D eigenvalue weighted by Gasteiger charge is -2.32. The van der Waals surface area contributed by atoms with Crippen molar-refractivity contribution in [2.45, 2.75) is 51.0 Å². The fourth-order valence-corrected chi connectivity index (χ4v) is 6.10. The number of hydrogen-bond acceptors (Lipinski definition) is 9.